The van der Waals surface area contributed by atoms with Crippen molar-refractivity contribution in [3.8, 4) is 5.75 Å². The number of carbonyl (C=O) groups excluding carboxylic acids is 1. The summed E-state index contributed by atoms with van der Waals surface area (Å²) in [5.41, 5.74) is 3.31. The Kier molecular flexibility index (Phi) is 4.69. The van der Waals surface area contributed by atoms with Gasteiger partial charge in [0.2, 0.25) is 5.89 Å². The lowest BCUT2D eigenvalue weighted by molar-refractivity contribution is 0.222. The first-order valence-corrected chi connectivity index (χ1v) is 8.10. The van der Waals surface area contributed by atoms with Crippen molar-refractivity contribution in [1.29, 1.82) is 0 Å². The minimum Gasteiger partial charge on any atom is -0.493 e. The number of nitrogens with one attached hydrogen (secondary N) is 2. The molecule has 0 saturated carbocycles. The zero-order valence-electron chi connectivity index (χ0n) is 14.2. The number of carbonyl (C=O) groups is 1. The summed E-state index contributed by atoms with van der Waals surface area (Å²) < 4.78 is 10.8. The molecule has 7 nitrogen and oxygen atoms in total. The summed E-state index contributed by atoms with van der Waals surface area (Å²) in [5.74, 6) is 2.01. The summed E-state index contributed by atoms with van der Waals surface area (Å²) >= 11 is 0. The average molecular weight is 330 g/mol. The summed E-state index contributed by atoms with van der Waals surface area (Å²) in [5, 5.41) is 9.57. The second-order valence-electron chi connectivity index (χ2n) is 6.08. The Hall–Kier alpha value is -2.57. The van der Waals surface area contributed by atoms with Gasteiger partial charge in [0.15, 0.2) is 5.82 Å². The molecule has 1 aliphatic rings. The molecule has 2 amide bonds. The third-order valence-electron chi connectivity index (χ3n) is 3.98. The number of nitrogens with zero attached hydrogens (tertiary/aromatic N) is 2. The van der Waals surface area contributed by atoms with Crippen LogP contribution in [0.5, 0.6) is 5.75 Å². The zero-order chi connectivity index (χ0) is 17.1. The molecule has 0 fully saturated rings. The molecule has 2 aromatic rings. The fraction of sp³-hybridized carbons (Fsp3) is 0.471. The van der Waals surface area contributed by atoms with Gasteiger partial charge in [-0.05, 0) is 26.3 Å². The maximum Gasteiger partial charge on any atom is 0.315 e. The van der Waals surface area contributed by atoms with Crippen molar-refractivity contribution in [3.63, 3.8) is 0 Å². The Labute approximate surface area is 140 Å². The maximum atomic E-state index is 12.2. The van der Waals surface area contributed by atoms with Crippen LogP contribution in [0, 0.1) is 20.8 Å². The third-order valence-corrected chi connectivity index (χ3v) is 3.98. The molecular weight excluding hydrogens is 308 g/mol. The molecule has 7 heteroatoms. The number of urea groups is 1. The molecule has 0 spiro atoms. The largest absolute Gasteiger partial charge is 0.493 e. The molecule has 2 heterocycles. The van der Waals surface area contributed by atoms with E-state index in [1.165, 1.54) is 0 Å². The smallest absolute Gasteiger partial charge is 0.315 e. The minimum atomic E-state index is -0.205. The van der Waals surface area contributed by atoms with Gasteiger partial charge in [0, 0.05) is 24.9 Å². The second kappa shape index (κ2) is 6.90. The molecule has 0 aliphatic carbocycles. The van der Waals surface area contributed by atoms with Gasteiger partial charge >= 0.3 is 6.03 Å². The molecule has 0 unspecified atom stereocenters. The predicted molar refractivity (Wildman–Crippen MR) is 88.0 cm³/mol. The Morgan fingerprint density at radius 1 is 1.33 bits per heavy atom. The molecule has 0 bridgehead atoms. The summed E-state index contributed by atoms with van der Waals surface area (Å²) in [7, 11) is 0. The van der Waals surface area contributed by atoms with Gasteiger partial charge < -0.3 is 19.9 Å². The van der Waals surface area contributed by atoms with E-state index in [1.807, 2.05) is 13.8 Å². The first-order valence-electron chi connectivity index (χ1n) is 8.10. The molecule has 0 radical (unpaired) electrons. The van der Waals surface area contributed by atoms with Crippen molar-refractivity contribution in [2.24, 2.45) is 0 Å². The quantitative estimate of drug-likeness (QED) is 0.898. The third kappa shape index (κ3) is 3.67. The number of amides is 2. The highest BCUT2D eigenvalue weighted by Gasteiger charge is 2.24. The van der Waals surface area contributed by atoms with Gasteiger partial charge in [-0.15, -0.1) is 0 Å². The predicted octanol–water partition coefficient (Wildman–Crippen LogP) is 2.36. The molecule has 128 valence electrons. The van der Waals surface area contributed by atoms with E-state index in [4.69, 9.17) is 9.26 Å². The lowest BCUT2D eigenvalue weighted by atomic mass is 9.96. The molecule has 24 heavy (non-hydrogen) atoms. The molecular formula is C17H22N4O3. The fourth-order valence-corrected chi connectivity index (χ4v) is 2.96. The summed E-state index contributed by atoms with van der Waals surface area (Å²) in [4.78, 5) is 16.3. The van der Waals surface area contributed by atoms with E-state index in [2.05, 4.69) is 32.9 Å². The number of fused-ring (bicyclic) bond motifs is 1. The first kappa shape index (κ1) is 16.3. The molecule has 1 atom stereocenters. The first-order chi connectivity index (χ1) is 11.5. The van der Waals surface area contributed by atoms with E-state index in [0.29, 0.717) is 31.3 Å². The number of rotatable bonds is 4. The van der Waals surface area contributed by atoms with Gasteiger partial charge in [-0.3, -0.25) is 0 Å². The number of hydrogen-bond donors (Lipinski definition) is 2. The van der Waals surface area contributed by atoms with Crippen LogP contribution in [0.25, 0.3) is 0 Å². The molecule has 2 N–H and O–H groups in total. The van der Waals surface area contributed by atoms with Crippen molar-refractivity contribution in [2.45, 2.75) is 39.7 Å². The number of ether oxygens (including phenoxy) is 1. The number of hydrogen-bond acceptors (Lipinski definition) is 5. The van der Waals surface area contributed by atoms with E-state index >= 15 is 0 Å². The van der Waals surface area contributed by atoms with Gasteiger partial charge in [-0.25, -0.2) is 4.79 Å². The van der Waals surface area contributed by atoms with Crippen LogP contribution in [-0.2, 0) is 6.42 Å². The number of benzene rings is 1. The molecule has 0 saturated heterocycles. The highest BCUT2D eigenvalue weighted by molar-refractivity contribution is 5.74. The SMILES string of the molecule is Cc1cc(C)c2c(c1)[C@@H](NC(=O)NCCc1nc(C)no1)CCO2. The summed E-state index contributed by atoms with van der Waals surface area (Å²) in [6.07, 6.45) is 1.27. The van der Waals surface area contributed by atoms with Gasteiger partial charge in [-0.2, -0.15) is 4.98 Å². The van der Waals surface area contributed by atoms with E-state index in [1.54, 1.807) is 6.92 Å². The van der Waals surface area contributed by atoms with E-state index < -0.39 is 0 Å². The van der Waals surface area contributed by atoms with Crippen LogP contribution >= 0.6 is 0 Å². The van der Waals surface area contributed by atoms with Crippen LogP contribution in [0.2, 0.25) is 0 Å². The second-order valence-corrected chi connectivity index (χ2v) is 6.08. The lowest BCUT2D eigenvalue weighted by Gasteiger charge is -2.28. The standard InChI is InChI=1S/C17H22N4O3/c1-10-8-11(2)16-13(9-10)14(5-7-23-16)20-17(22)18-6-4-15-19-12(3)21-24-15/h8-9,14H,4-7H2,1-3H3,(H2,18,20,22)/t14-/m0/s1. The molecule has 1 aromatic heterocycles. The van der Waals surface area contributed by atoms with Crippen LogP contribution in [0.15, 0.2) is 16.7 Å². The van der Waals surface area contributed by atoms with Gasteiger partial charge in [0.05, 0.1) is 12.6 Å². The van der Waals surface area contributed by atoms with Crippen molar-refractivity contribution >= 4 is 6.03 Å². The van der Waals surface area contributed by atoms with Crippen LogP contribution in [-0.4, -0.2) is 29.3 Å². The number of aryl methyl sites for hydroxylation is 3. The summed E-state index contributed by atoms with van der Waals surface area (Å²) in [6, 6.07) is 3.92. The Bertz CT molecular complexity index is 741. The van der Waals surface area contributed by atoms with Gasteiger partial charge in [-0.1, -0.05) is 22.9 Å². The minimum absolute atomic E-state index is 0.0435. The van der Waals surface area contributed by atoms with E-state index in [0.717, 1.165) is 28.9 Å². The zero-order valence-corrected chi connectivity index (χ0v) is 14.2. The maximum absolute atomic E-state index is 12.2. The van der Waals surface area contributed by atoms with Crippen LogP contribution < -0.4 is 15.4 Å². The van der Waals surface area contributed by atoms with E-state index in [-0.39, 0.29) is 12.1 Å². The molecule has 1 aliphatic heterocycles. The van der Waals surface area contributed by atoms with Crippen molar-refractivity contribution in [2.75, 3.05) is 13.2 Å². The normalized spacial score (nSPS) is 16.2. The lowest BCUT2D eigenvalue weighted by Crippen LogP contribution is -2.40. The van der Waals surface area contributed by atoms with E-state index in [9.17, 15) is 4.79 Å². The average Bonchev–Trinajstić information content (AvgIpc) is 2.93. The van der Waals surface area contributed by atoms with Crippen molar-refractivity contribution < 1.29 is 14.1 Å². The fourth-order valence-electron chi connectivity index (χ4n) is 2.96. The monoisotopic (exact) mass is 330 g/mol. The van der Waals surface area contributed by atoms with Crippen LogP contribution in [0.1, 0.15) is 40.9 Å². The highest BCUT2D eigenvalue weighted by atomic mass is 16.5. The van der Waals surface area contributed by atoms with Crippen LogP contribution in [0.3, 0.4) is 0 Å². The molecule has 3 rings (SSSR count). The van der Waals surface area contributed by atoms with Crippen LogP contribution in [0.4, 0.5) is 4.79 Å². The Morgan fingerprint density at radius 3 is 2.92 bits per heavy atom. The summed E-state index contributed by atoms with van der Waals surface area (Å²) in [6.45, 7) is 6.88. The van der Waals surface area contributed by atoms with Gasteiger partial charge in [0.25, 0.3) is 0 Å². The topological polar surface area (TPSA) is 89.3 Å². The van der Waals surface area contributed by atoms with Crippen molar-refractivity contribution in [3.05, 3.63) is 40.5 Å². The Morgan fingerprint density at radius 2 is 2.17 bits per heavy atom. The van der Waals surface area contributed by atoms with Crippen molar-refractivity contribution in [1.82, 2.24) is 20.8 Å². The van der Waals surface area contributed by atoms with Gasteiger partial charge in [0.1, 0.15) is 5.75 Å². The Balaban J connectivity index is 1.57. The molecule has 1 aromatic carbocycles. The highest BCUT2D eigenvalue weighted by Crippen LogP contribution is 2.35. The number of aromatic nitrogens is 2.